The first kappa shape index (κ1) is 10.5. The van der Waals surface area contributed by atoms with Crippen LogP contribution in [0.1, 0.15) is 26.2 Å². The van der Waals surface area contributed by atoms with Gasteiger partial charge >= 0.3 is 0 Å². The fraction of sp³-hybridized carbons (Fsp3) is 0.900. The van der Waals surface area contributed by atoms with Gasteiger partial charge in [-0.15, -0.1) is 0 Å². The number of rotatable bonds is 6. The lowest BCUT2D eigenvalue weighted by Crippen LogP contribution is -2.57. The number of nitrogens with one attached hydrogen (secondary N) is 1. The Morgan fingerprint density at radius 1 is 1.46 bits per heavy atom. The van der Waals surface area contributed by atoms with Gasteiger partial charge in [0.05, 0.1) is 6.07 Å². The van der Waals surface area contributed by atoms with E-state index in [0.717, 1.165) is 45.1 Å². The molecule has 1 saturated heterocycles. The van der Waals surface area contributed by atoms with Crippen LogP contribution in [0.25, 0.3) is 0 Å². The average Bonchev–Trinajstić information content (AvgIpc) is 2.07. The zero-order valence-electron chi connectivity index (χ0n) is 8.42. The van der Waals surface area contributed by atoms with Gasteiger partial charge in [0.1, 0.15) is 0 Å². The first-order chi connectivity index (χ1) is 6.38. The smallest absolute Gasteiger partial charge is 0.0621 e. The second-order valence-corrected chi connectivity index (χ2v) is 3.56. The van der Waals surface area contributed by atoms with Gasteiger partial charge in [-0.3, -0.25) is 4.90 Å². The molecule has 1 rings (SSSR count). The predicted octanol–water partition coefficient (Wildman–Crippen LogP) is 0.974. The minimum Gasteiger partial charge on any atom is -0.314 e. The minimum absolute atomic E-state index is 0.709. The molecule has 0 radical (unpaired) electrons. The summed E-state index contributed by atoms with van der Waals surface area (Å²) in [5.41, 5.74) is 0. The molecule has 1 aliphatic heterocycles. The van der Waals surface area contributed by atoms with Crippen LogP contribution in [0.3, 0.4) is 0 Å². The second kappa shape index (κ2) is 5.95. The third-order valence-corrected chi connectivity index (χ3v) is 2.67. The highest BCUT2D eigenvalue weighted by Gasteiger charge is 2.22. The van der Waals surface area contributed by atoms with E-state index < -0.39 is 0 Å². The highest BCUT2D eigenvalue weighted by molar-refractivity contribution is 4.84. The molecule has 0 amide bonds. The van der Waals surface area contributed by atoms with Gasteiger partial charge in [-0.05, 0) is 25.9 Å². The maximum absolute atomic E-state index is 8.38. The van der Waals surface area contributed by atoms with Gasteiger partial charge in [-0.1, -0.05) is 6.92 Å². The highest BCUT2D eigenvalue weighted by atomic mass is 15.2. The van der Waals surface area contributed by atoms with Crippen LogP contribution in [0.4, 0.5) is 0 Å². The van der Waals surface area contributed by atoms with E-state index in [1.165, 1.54) is 0 Å². The maximum atomic E-state index is 8.38. The molecule has 1 N–H and O–H groups in total. The monoisotopic (exact) mass is 181 g/mol. The molecule has 3 nitrogen and oxygen atoms in total. The molecule has 0 aliphatic carbocycles. The second-order valence-electron chi connectivity index (χ2n) is 3.56. The number of nitriles is 1. The summed E-state index contributed by atoms with van der Waals surface area (Å²) in [6, 6.07) is 2.94. The van der Waals surface area contributed by atoms with Crippen molar-refractivity contribution >= 4 is 0 Å². The van der Waals surface area contributed by atoms with Crippen molar-refractivity contribution in [2.45, 2.75) is 32.2 Å². The van der Waals surface area contributed by atoms with Crippen LogP contribution in [-0.2, 0) is 0 Å². The number of hydrogen-bond donors (Lipinski definition) is 1. The van der Waals surface area contributed by atoms with Gasteiger partial charge in [0.25, 0.3) is 0 Å². The summed E-state index contributed by atoms with van der Waals surface area (Å²) in [6.45, 7) is 6.80. The Bertz CT molecular complexity index is 169. The molecule has 1 aliphatic rings. The van der Waals surface area contributed by atoms with Crippen LogP contribution < -0.4 is 5.32 Å². The van der Waals surface area contributed by atoms with Gasteiger partial charge in [-0.25, -0.2) is 0 Å². The van der Waals surface area contributed by atoms with Gasteiger partial charge in [0.2, 0.25) is 0 Å². The van der Waals surface area contributed by atoms with Crippen molar-refractivity contribution in [1.29, 1.82) is 5.26 Å². The highest BCUT2D eigenvalue weighted by Crippen LogP contribution is 2.06. The third-order valence-electron chi connectivity index (χ3n) is 2.67. The Balaban J connectivity index is 2.06. The molecule has 0 bridgehead atoms. The van der Waals surface area contributed by atoms with Crippen molar-refractivity contribution in [3.8, 4) is 6.07 Å². The Morgan fingerprint density at radius 2 is 2.23 bits per heavy atom. The molecule has 74 valence electrons. The first-order valence-corrected chi connectivity index (χ1v) is 5.20. The van der Waals surface area contributed by atoms with Crippen molar-refractivity contribution in [2.24, 2.45) is 0 Å². The van der Waals surface area contributed by atoms with Crippen LogP contribution in [0.15, 0.2) is 0 Å². The SMILES string of the molecule is CCN(CCCCC#N)C1CNC1. The summed E-state index contributed by atoms with van der Waals surface area (Å²) in [5.74, 6) is 0. The zero-order valence-corrected chi connectivity index (χ0v) is 8.42. The van der Waals surface area contributed by atoms with Crippen molar-refractivity contribution in [1.82, 2.24) is 10.2 Å². The van der Waals surface area contributed by atoms with Crippen molar-refractivity contribution in [2.75, 3.05) is 26.2 Å². The molecule has 0 aromatic rings. The van der Waals surface area contributed by atoms with Gasteiger partial charge < -0.3 is 5.32 Å². The normalized spacial score (nSPS) is 17.0. The lowest BCUT2D eigenvalue weighted by Gasteiger charge is -2.37. The van der Waals surface area contributed by atoms with Crippen LogP contribution in [0.5, 0.6) is 0 Å². The van der Waals surface area contributed by atoms with Crippen LogP contribution in [0, 0.1) is 11.3 Å². The van der Waals surface area contributed by atoms with Gasteiger partial charge in [-0.2, -0.15) is 5.26 Å². The van der Waals surface area contributed by atoms with E-state index in [9.17, 15) is 0 Å². The van der Waals surface area contributed by atoms with Gasteiger partial charge in [0.15, 0.2) is 0 Å². The molecule has 0 unspecified atom stereocenters. The molecule has 3 heteroatoms. The van der Waals surface area contributed by atoms with Crippen LogP contribution in [-0.4, -0.2) is 37.1 Å². The zero-order chi connectivity index (χ0) is 9.52. The Labute approximate surface area is 80.7 Å². The third kappa shape index (κ3) is 3.33. The Morgan fingerprint density at radius 3 is 2.69 bits per heavy atom. The molecule has 0 spiro atoms. The molecular formula is C10H19N3. The molecular weight excluding hydrogens is 162 g/mol. The summed E-state index contributed by atoms with van der Waals surface area (Å²) >= 11 is 0. The molecule has 13 heavy (non-hydrogen) atoms. The summed E-state index contributed by atoms with van der Waals surface area (Å²) in [5, 5.41) is 11.7. The molecule has 1 heterocycles. The van der Waals surface area contributed by atoms with E-state index in [0.29, 0.717) is 6.42 Å². The molecule has 0 aromatic heterocycles. The molecule has 1 fully saturated rings. The maximum Gasteiger partial charge on any atom is 0.0621 e. The minimum atomic E-state index is 0.709. The topological polar surface area (TPSA) is 39.1 Å². The molecule has 0 saturated carbocycles. The van der Waals surface area contributed by atoms with Crippen molar-refractivity contribution in [3.05, 3.63) is 0 Å². The average molecular weight is 181 g/mol. The van der Waals surface area contributed by atoms with E-state index in [1.807, 2.05) is 0 Å². The largest absolute Gasteiger partial charge is 0.314 e. The predicted molar refractivity (Wildman–Crippen MR) is 53.4 cm³/mol. The van der Waals surface area contributed by atoms with Crippen LogP contribution >= 0.6 is 0 Å². The summed E-state index contributed by atoms with van der Waals surface area (Å²) in [4.78, 5) is 2.51. The lowest BCUT2D eigenvalue weighted by atomic mass is 10.1. The standard InChI is InChI=1S/C10H19N3/c1-2-13(10-8-12-9-10)7-5-3-4-6-11/h10,12H,2-5,7-9H2,1H3. The van der Waals surface area contributed by atoms with E-state index in [4.69, 9.17) is 5.26 Å². The molecule has 0 aromatic carbocycles. The molecule has 0 atom stereocenters. The Kier molecular flexibility index (Phi) is 4.81. The summed E-state index contributed by atoms with van der Waals surface area (Å²) in [7, 11) is 0. The first-order valence-electron chi connectivity index (χ1n) is 5.20. The van der Waals surface area contributed by atoms with Crippen molar-refractivity contribution in [3.63, 3.8) is 0 Å². The Hall–Kier alpha value is -0.590. The van der Waals surface area contributed by atoms with E-state index in [2.05, 4.69) is 23.2 Å². The van der Waals surface area contributed by atoms with E-state index >= 15 is 0 Å². The van der Waals surface area contributed by atoms with Gasteiger partial charge in [0, 0.05) is 25.6 Å². The summed E-state index contributed by atoms with van der Waals surface area (Å²) in [6.07, 6.45) is 2.92. The quantitative estimate of drug-likeness (QED) is 0.621. The van der Waals surface area contributed by atoms with Crippen molar-refractivity contribution < 1.29 is 0 Å². The number of hydrogen-bond acceptors (Lipinski definition) is 3. The lowest BCUT2D eigenvalue weighted by molar-refractivity contribution is 0.150. The van der Waals surface area contributed by atoms with E-state index in [-0.39, 0.29) is 0 Å². The summed E-state index contributed by atoms with van der Waals surface area (Å²) < 4.78 is 0. The fourth-order valence-corrected chi connectivity index (χ4v) is 1.65. The van der Waals surface area contributed by atoms with Crippen LogP contribution in [0.2, 0.25) is 0 Å². The fourth-order valence-electron chi connectivity index (χ4n) is 1.65. The number of likely N-dealkylation sites (N-methyl/N-ethyl adjacent to an activating group) is 1. The van der Waals surface area contributed by atoms with E-state index in [1.54, 1.807) is 0 Å². The number of unbranched alkanes of at least 4 members (excludes halogenated alkanes) is 2. The number of nitrogens with zero attached hydrogens (tertiary/aromatic N) is 2.